The second-order valence-electron chi connectivity index (χ2n) is 7.05. The predicted molar refractivity (Wildman–Crippen MR) is 109 cm³/mol. The Labute approximate surface area is 163 Å². The first kappa shape index (κ1) is 23.0. The van der Waals surface area contributed by atoms with Gasteiger partial charge in [0.25, 0.3) is 5.69 Å². The standard InChI is InChI=1S/C22H35NO4/c1-3-4-5-6-7-8-9-10-11-12-18-27-21-17-16-19(2)23(26)20(21)14-13-15-22(24)25/h13-14,16-17H,3-12,15,18H2,1-2H3,(H,24,25)/b14-13+. The fourth-order valence-electron chi connectivity index (χ4n) is 2.95. The maximum atomic E-state index is 12.2. The molecule has 1 aromatic rings. The highest BCUT2D eigenvalue weighted by atomic mass is 16.5. The summed E-state index contributed by atoms with van der Waals surface area (Å²) in [5, 5.41) is 20.9. The van der Waals surface area contributed by atoms with E-state index >= 15 is 0 Å². The Kier molecular flexibility index (Phi) is 12.0. The summed E-state index contributed by atoms with van der Waals surface area (Å²) in [4.78, 5) is 10.6. The molecule has 0 aliphatic heterocycles. The van der Waals surface area contributed by atoms with E-state index in [0.717, 1.165) is 17.6 Å². The van der Waals surface area contributed by atoms with E-state index < -0.39 is 5.97 Å². The van der Waals surface area contributed by atoms with Gasteiger partial charge in [-0.05, 0) is 12.5 Å². The van der Waals surface area contributed by atoms with Crippen molar-refractivity contribution in [2.75, 3.05) is 6.61 Å². The maximum absolute atomic E-state index is 12.2. The van der Waals surface area contributed by atoms with Crippen molar-refractivity contribution < 1.29 is 19.4 Å². The number of pyridine rings is 1. The van der Waals surface area contributed by atoms with Gasteiger partial charge in [0, 0.05) is 19.1 Å². The third kappa shape index (κ3) is 10.0. The van der Waals surface area contributed by atoms with Crippen molar-refractivity contribution in [2.45, 2.75) is 84.5 Å². The minimum atomic E-state index is -0.927. The maximum Gasteiger partial charge on any atom is 0.307 e. The van der Waals surface area contributed by atoms with Crippen molar-refractivity contribution >= 4 is 12.0 Å². The summed E-state index contributed by atoms with van der Waals surface area (Å²) in [7, 11) is 0. The van der Waals surface area contributed by atoms with Crippen LogP contribution in [0, 0.1) is 12.1 Å². The zero-order valence-electron chi connectivity index (χ0n) is 16.9. The van der Waals surface area contributed by atoms with Gasteiger partial charge in [0.2, 0.25) is 0 Å². The Balaban J connectivity index is 2.30. The van der Waals surface area contributed by atoms with Crippen LogP contribution in [0.4, 0.5) is 0 Å². The summed E-state index contributed by atoms with van der Waals surface area (Å²) < 4.78 is 6.57. The Morgan fingerprint density at radius 1 is 1.07 bits per heavy atom. The minimum Gasteiger partial charge on any atom is -0.618 e. The number of unbranched alkanes of at least 4 members (excludes halogenated alkanes) is 9. The molecule has 0 bridgehead atoms. The topological polar surface area (TPSA) is 73.5 Å². The van der Waals surface area contributed by atoms with Gasteiger partial charge in [0.1, 0.15) is 0 Å². The summed E-state index contributed by atoms with van der Waals surface area (Å²) in [5.74, 6) is -0.419. The van der Waals surface area contributed by atoms with Gasteiger partial charge in [-0.25, -0.2) is 0 Å². The molecule has 0 aliphatic rings. The number of aryl methyl sites for hydroxylation is 1. The quantitative estimate of drug-likeness (QED) is 0.252. The average Bonchev–Trinajstić information content (AvgIpc) is 2.64. The lowest BCUT2D eigenvalue weighted by molar-refractivity contribution is -0.614. The summed E-state index contributed by atoms with van der Waals surface area (Å²) >= 11 is 0. The van der Waals surface area contributed by atoms with Gasteiger partial charge in [0.15, 0.2) is 11.4 Å². The second-order valence-corrected chi connectivity index (χ2v) is 7.05. The van der Waals surface area contributed by atoms with Crippen molar-refractivity contribution in [3.63, 3.8) is 0 Å². The van der Waals surface area contributed by atoms with Gasteiger partial charge in [0.05, 0.1) is 13.0 Å². The lowest BCUT2D eigenvalue weighted by atomic mass is 10.1. The van der Waals surface area contributed by atoms with Gasteiger partial charge >= 0.3 is 5.97 Å². The molecule has 0 saturated carbocycles. The molecular weight excluding hydrogens is 342 g/mol. The van der Waals surface area contributed by atoms with E-state index in [4.69, 9.17) is 9.84 Å². The highest BCUT2D eigenvalue weighted by Crippen LogP contribution is 2.18. The lowest BCUT2D eigenvalue weighted by Crippen LogP contribution is -2.34. The number of hydrogen-bond acceptors (Lipinski definition) is 3. The van der Waals surface area contributed by atoms with E-state index in [-0.39, 0.29) is 6.42 Å². The van der Waals surface area contributed by atoms with E-state index in [2.05, 4.69) is 6.92 Å². The first-order valence-electron chi connectivity index (χ1n) is 10.3. The van der Waals surface area contributed by atoms with Gasteiger partial charge in [-0.1, -0.05) is 70.8 Å². The molecule has 0 amide bonds. The number of carboxylic acid groups (broad SMARTS) is 1. The summed E-state index contributed by atoms with van der Waals surface area (Å²) in [6.45, 7) is 4.53. The smallest absolute Gasteiger partial charge is 0.307 e. The zero-order chi connectivity index (χ0) is 19.9. The molecule has 0 atom stereocenters. The molecule has 0 spiro atoms. The molecule has 1 rings (SSSR count). The van der Waals surface area contributed by atoms with Gasteiger partial charge in [-0.15, -0.1) is 0 Å². The number of aromatic nitrogens is 1. The summed E-state index contributed by atoms with van der Waals surface area (Å²) in [6, 6.07) is 3.50. The predicted octanol–water partition coefficient (Wildman–Crippen LogP) is 5.42. The molecule has 152 valence electrons. The normalized spacial score (nSPS) is 11.2. The van der Waals surface area contributed by atoms with Crippen LogP contribution in [0.3, 0.4) is 0 Å². The third-order valence-electron chi connectivity index (χ3n) is 4.59. The number of carbonyl (C=O) groups is 1. The molecule has 5 heteroatoms. The van der Waals surface area contributed by atoms with Crippen LogP contribution in [-0.2, 0) is 4.79 Å². The first-order valence-corrected chi connectivity index (χ1v) is 10.3. The molecule has 1 heterocycles. The van der Waals surface area contributed by atoms with Gasteiger partial charge < -0.3 is 15.1 Å². The van der Waals surface area contributed by atoms with E-state index in [1.807, 2.05) is 0 Å². The fourth-order valence-corrected chi connectivity index (χ4v) is 2.95. The highest BCUT2D eigenvalue weighted by molar-refractivity contribution is 5.70. The Bertz CT molecular complexity index is 584. The van der Waals surface area contributed by atoms with Crippen molar-refractivity contribution in [3.8, 4) is 5.75 Å². The monoisotopic (exact) mass is 377 g/mol. The number of hydrogen-bond donors (Lipinski definition) is 1. The Morgan fingerprint density at radius 2 is 1.67 bits per heavy atom. The van der Waals surface area contributed by atoms with Gasteiger partial charge in [-0.2, -0.15) is 4.73 Å². The van der Waals surface area contributed by atoms with Crippen LogP contribution >= 0.6 is 0 Å². The van der Waals surface area contributed by atoms with Gasteiger partial charge in [-0.3, -0.25) is 4.79 Å². The fraction of sp³-hybridized carbons (Fsp3) is 0.636. The zero-order valence-corrected chi connectivity index (χ0v) is 16.9. The Hall–Kier alpha value is -2.04. The van der Waals surface area contributed by atoms with Crippen molar-refractivity contribution in [2.24, 2.45) is 0 Å². The molecule has 0 aliphatic carbocycles. The highest BCUT2D eigenvalue weighted by Gasteiger charge is 2.13. The van der Waals surface area contributed by atoms with Crippen LogP contribution in [0.5, 0.6) is 5.75 Å². The van der Waals surface area contributed by atoms with Crippen LogP contribution in [-0.4, -0.2) is 17.7 Å². The molecule has 0 saturated heterocycles. The SMILES string of the molecule is CCCCCCCCCCCCOc1ccc(C)[n+]([O-])c1/C=C/CC(=O)O. The number of nitrogens with zero attached hydrogens (tertiary/aromatic N) is 1. The second kappa shape index (κ2) is 14.1. The average molecular weight is 378 g/mol. The first-order chi connectivity index (χ1) is 13.1. The van der Waals surface area contributed by atoms with Crippen molar-refractivity contribution in [3.05, 3.63) is 34.8 Å². The van der Waals surface area contributed by atoms with E-state index in [0.29, 0.717) is 23.7 Å². The number of ether oxygens (including phenoxy) is 1. The third-order valence-corrected chi connectivity index (χ3v) is 4.59. The van der Waals surface area contributed by atoms with Crippen LogP contribution in [0.1, 0.15) is 88.9 Å². The minimum absolute atomic E-state index is 0.119. The molecule has 5 nitrogen and oxygen atoms in total. The summed E-state index contributed by atoms with van der Waals surface area (Å²) in [5.41, 5.74) is 0.916. The van der Waals surface area contributed by atoms with E-state index in [9.17, 15) is 10.0 Å². The number of carboxylic acids is 1. The molecule has 0 radical (unpaired) electrons. The van der Waals surface area contributed by atoms with Crippen molar-refractivity contribution in [1.82, 2.24) is 0 Å². The molecule has 0 unspecified atom stereocenters. The summed E-state index contributed by atoms with van der Waals surface area (Å²) in [6.07, 6.45) is 15.5. The van der Waals surface area contributed by atoms with Crippen LogP contribution in [0.2, 0.25) is 0 Å². The van der Waals surface area contributed by atoms with E-state index in [1.165, 1.54) is 63.5 Å². The number of rotatable bonds is 15. The van der Waals surface area contributed by atoms with Crippen LogP contribution < -0.4 is 9.47 Å². The lowest BCUT2D eigenvalue weighted by Gasteiger charge is -2.11. The molecule has 0 fully saturated rings. The largest absolute Gasteiger partial charge is 0.618 e. The van der Waals surface area contributed by atoms with Crippen molar-refractivity contribution in [1.29, 1.82) is 0 Å². The molecule has 1 aromatic heterocycles. The molecular formula is C22H35NO4. The molecule has 0 aromatic carbocycles. The van der Waals surface area contributed by atoms with Crippen LogP contribution in [0.25, 0.3) is 6.08 Å². The number of aliphatic carboxylic acids is 1. The van der Waals surface area contributed by atoms with Crippen LogP contribution in [0.15, 0.2) is 18.2 Å². The molecule has 1 N–H and O–H groups in total. The Morgan fingerprint density at radius 3 is 2.26 bits per heavy atom. The molecule has 27 heavy (non-hydrogen) atoms. The van der Waals surface area contributed by atoms with E-state index in [1.54, 1.807) is 19.1 Å².